The molecule has 0 aliphatic carbocycles. The second kappa shape index (κ2) is 8.48. The molecular weight excluding hydrogens is 248 g/mol. The summed E-state index contributed by atoms with van der Waals surface area (Å²) >= 11 is 0. The molecule has 1 aliphatic heterocycles. The third kappa shape index (κ3) is 4.58. The van der Waals surface area contributed by atoms with E-state index >= 15 is 0 Å². The molecule has 1 atom stereocenters. The summed E-state index contributed by atoms with van der Waals surface area (Å²) in [6.07, 6.45) is 2.47. The van der Waals surface area contributed by atoms with Gasteiger partial charge < -0.3 is 15.7 Å². The molecule has 4 heteroatoms. The van der Waals surface area contributed by atoms with Crippen molar-refractivity contribution in [1.29, 1.82) is 0 Å². The third-order valence-corrected chi connectivity index (χ3v) is 3.50. The molecule has 2 rings (SSSR count). The maximum atomic E-state index is 9.43. The molecule has 1 aromatic rings. The summed E-state index contributed by atoms with van der Waals surface area (Å²) in [5, 5.41) is 16.3. The monoisotopic (exact) mass is 270 g/mol. The highest BCUT2D eigenvalue weighted by atomic mass is 35.5. The van der Waals surface area contributed by atoms with E-state index in [0.29, 0.717) is 0 Å². The van der Waals surface area contributed by atoms with Crippen molar-refractivity contribution < 1.29 is 5.11 Å². The van der Waals surface area contributed by atoms with E-state index in [9.17, 15) is 5.11 Å². The number of benzene rings is 1. The van der Waals surface area contributed by atoms with E-state index in [1.807, 2.05) is 18.2 Å². The van der Waals surface area contributed by atoms with Crippen LogP contribution in [-0.2, 0) is 0 Å². The summed E-state index contributed by atoms with van der Waals surface area (Å²) < 4.78 is 0. The van der Waals surface area contributed by atoms with Crippen molar-refractivity contribution in [3.8, 4) is 0 Å². The second-order valence-electron chi connectivity index (χ2n) is 4.75. The van der Waals surface area contributed by atoms with Gasteiger partial charge in [0.2, 0.25) is 0 Å². The Bertz CT molecular complexity index is 315. The van der Waals surface area contributed by atoms with Crippen LogP contribution in [-0.4, -0.2) is 31.3 Å². The molecular formula is C14H23ClN2O. The number of hydrogen-bond acceptors (Lipinski definition) is 3. The van der Waals surface area contributed by atoms with Gasteiger partial charge in [-0.3, -0.25) is 0 Å². The molecule has 102 valence electrons. The zero-order valence-corrected chi connectivity index (χ0v) is 11.5. The highest BCUT2D eigenvalue weighted by Crippen LogP contribution is 2.15. The molecule has 1 saturated heterocycles. The normalized spacial score (nSPS) is 18.1. The van der Waals surface area contributed by atoms with E-state index in [4.69, 9.17) is 0 Å². The van der Waals surface area contributed by atoms with Crippen LogP contribution in [0.1, 0.15) is 24.4 Å². The van der Waals surface area contributed by atoms with Crippen LogP contribution >= 0.6 is 12.4 Å². The third-order valence-electron chi connectivity index (χ3n) is 3.50. The van der Waals surface area contributed by atoms with Gasteiger partial charge in [0.1, 0.15) is 0 Å². The lowest BCUT2D eigenvalue weighted by Gasteiger charge is -2.25. The van der Waals surface area contributed by atoms with Crippen molar-refractivity contribution in [3.63, 3.8) is 0 Å². The fourth-order valence-electron chi connectivity index (χ4n) is 2.37. The number of aliphatic hydroxyl groups is 1. The number of aliphatic hydroxyl groups excluding tert-OH is 1. The van der Waals surface area contributed by atoms with Gasteiger partial charge in [0.25, 0.3) is 0 Å². The van der Waals surface area contributed by atoms with E-state index in [1.54, 1.807) is 0 Å². The predicted molar refractivity (Wildman–Crippen MR) is 77.1 cm³/mol. The molecule has 0 aromatic heterocycles. The van der Waals surface area contributed by atoms with Crippen LogP contribution in [0.25, 0.3) is 0 Å². The standard InChI is InChI=1S/C14H22N2O.ClH/c17-11-14(13-4-2-1-3-5-13)16-10-12-6-8-15-9-7-12;/h1-5,12,14-17H,6-11H2;1H. The van der Waals surface area contributed by atoms with E-state index in [-0.39, 0.29) is 25.1 Å². The molecule has 1 aromatic carbocycles. The number of halogens is 1. The molecule has 1 fully saturated rings. The summed E-state index contributed by atoms with van der Waals surface area (Å²) in [5.41, 5.74) is 1.17. The second-order valence-corrected chi connectivity index (χ2v) is 4.75. The zero-order chi connectivity index (χ0) is 11.9. The molecule has 0 amide bonds. The molecule has 18 heavy (non-hydrogen) atoms. The summed E-state index contributed by atoms with van der Waals surface area (Å²) in [6.45, 7) is 3.42. The number of rotatable bonds is 5. The van der Waals surface area contributed by atoms with Gasteiger partial charge in [0.05, 0.1) is 12.6 Å². The number of nitrogens with one attached hydrogen (secondary N) is 2. The van der Waals surface area contributed by atoms with Crippen LogP contribution in [0.4, 0.5) is 0 Å². The molecule has 1 aliphatic rings. The average Bonchev–Trinajstić information content (AvgIpc) is 2.42. The fraction of sp³-hybridized carbons (Fsp3) is 0.571. The summed E-state index contributed by atoms with van der Waals surface area (Å²) in [4.78, 5) is 0. The van der Waals surface area contributed by atoms with Gasteiger partial charge in [-0.1, -0.05) is 30.3 Å². The molecule has 1 heterocycles. The highest BCUT2D eigenvalue weighted by molar-refractivity contribution is 5.85. The van der Waals surface area contributed by atoms with Gasteiger partial charge in [-0.15, -0.1) is 12.4 Å². The van der Waals surface area contributed by atoms with Gasteiger partial charge in [0.15, 0.2) is 0 Å². The first-order chi connectivity index (χ1) is 8.40. The molecule has 3 N–H and O–H groups in total. The van der Waals surface area contributed by atoms with E-state index < -0.39 is 0 Å². The first-order valence-corrected chi connectivity index (χ1v) is 6.50. The van der Waals surface area contributed by atoms with E-state index in [1.165, 1.54) is 18.4 Å². The van der Waals surface area contributed by atoms with Crippen LogP contribution in [0, 0.1) is 5.92 Å². The lowest BCUT2D eigenvalue weighted by molar-refractivity contribution is 0.232. The number of hydrogen-bond donors (Lipinski definition) is 3. The van der Waals surface area contributed by atoms with Gasteiger partial charge in [0, 0.05) is 0 Å². The van der Waals surface area contributed by atoms with Crippen molar-refractivity contribution >= 4 is 12.4 Å². The topological polar surface area (TPSA) is 44.3 Å². The molecule has 0 radical (unpaired) electrons. The van der Waals surface area contributed by atoms with E-state index in [0.717, 1.165) is 25.6 Å². The SMILES string of the molecule is Cl.OCC(NCC1CCNCC1)c1ccccc1. The van der Waals surface area contributed by atoms with Gasteiger partial charge in [-0.05, 0) is 44.0 Å². The Hall–Kier alpha value is -0.610. The first kappa shape index (κ1) is 15.4. The Morgan fingerprint density at radius 2 is 1.89 bits per heavy atom. The molecule has 1 unspecified atom stereocenters. The van der Waals surface area contributed by atoms with Crippen LogP contribution in [0.2, 0.25) is 0 Å². The largest absolute Gasteiger partial charge is 0.394 e. The average molecular weight is 271 g/mol. The highest BCUT2D eigenvalue weighted by Gasteiger charge is 2.15. The Morgan fingerprint density at radius 1 is 1.22 bits per heavy atom. The van der Waals surface area contributed by atoms with Gasteiger partial charge in [-0.2, -0.15) is 0 Å². The van der Waals surface area contributed by atoms with E-state index in [2.05, 4.69) is 22.8 Å². The minimum atomic E-state index is 0. The van der Waals surface area contributed by atoms with Crippen LogP contribution in [0.3, 0.4) is 0 Å². The Labute approximate surface area is 115 Å². The lowest BCUT2D eigenvalue weighted by atomic mass is 9.97. The van der Waals surface area contributed by atoms with Crippen molar-refractivity contribution in [2.75, 3.05) is 26.2 Å². The Morgan fingerprint density at radius 3 is 2.50 bits per heavy atom. The van der Waals surface area contributed by atoms with Gasteiger partial charge in [-0.25, -0.2) is 0 Å². The fourth-order valence-corrected chi connectivity index (χ4v) is 2.37. The summed E-state index contributed by atoms with van der Waals surface area (Å²) in [5.74, 6) is 0.744. The summed E-state index contributed by atoms with van der Waals surface area (Å²) in [6, 6.07) is 10.2. The minimum Gasteiger partial charge on any atom is -0.394 e. The van der Waals surface area contributed by atoms with Crippen molar-refractivity contribution in [3.05, 3.63) is 35.9 Å². The van der Waals surface area contributed by atoms with Crippen molar-refractivity contribution in [2.45, 2.75) is 18.9 Å². The zero-order valence-electron chi connectivity index (χ0n) is 10.6. The predicted octanol–water partition coefficient (Wildman–Crippen LogP) is 1.73. The molecule has 3 nitrogen and oxygen atoms in total. The van der Waals surface area contributed by atoms with Crippen LogP contribution in [0.15, 0.2) is 30.3 Å². The first-order valence-electron chi connectivity index (χ1n) is 6.50. The van der Waals surface area contributed by atoms with Crippen LogP contribution < -0.4 is 10.6 Å². The molecule has 0 spiro atoms. The van der Waals surface area contributed by atoms with Crippen molar-refractivity contribution in [1.82, 2.24) is 10.6 Å². The summed E-state index contributed by atoms with van der Waals surface area (Å²) in [7, 11) is 0. The minimum absolute atomic E-state index is 0. The maximum absolute atomic E-state index is 9.43. The lowest BCUT2D eigenvalue weighted by Crippen LogP contribution is -2.35. The Balaban J connectivity index is 0.00000162. The molecule has 0 bridgehead atoms. The maximum Gasteiger partial charge on any atom is 0.0626 e. The Kier molecular flexibility index (Phi) is 7.28. The van der Waals surface area contributed by atoms with Crippen LogP contribution in [0.5, 0.6) is 0 Å². The smallest absolute Gasteiger partial charge is 0.0626 e. The van der Waals surface area contributed by atoms with Gasteiger partial charge >= 0.3 is 0 Å². The molecule has 0 saturated carbocycles. The number of piperidine rings is 1. The van der Waals surface area contributed by atoms with Crippen molar-refractivity contribution in [2.24, 2.45) is 5.92 Å². The quantitative estimate of drug-likeness (QED) is 0.764.